The zero-order valence-corrected chi connectivity index (χ0v) is 10.8. The zero-order chi connectivity index (χ0) is 11.7. The molecule has 4 heteroatoms. The molecule has 1 aromatic carbocycles. The van der Waals surface area contributed by atoms with Crippen molar-refractivity contribution in [3.63, 3.8) is 0 Å². The fraction of sp³-hybridized carbons (Fsp3) is 0.231. The third-order valence-electron chi connectivity index (χ3n) is 2.72. The molecule has 0 unspecified atom stereocenters. The first-order valence-electron chi connectivity index (χ1n) is 5.50. The number of nitrogens with zero attached hydrogens (tertiary/aromatic N) is 1. The van der Waals surface area contributed by atoms with Gasteiger partial charge in [-0.25, -0.2) is 0 Å². The lowest BCUT2D eigenvalue weighted by molar-refractivity contribution is -0.0440. The van der Waals surface area contributed by atoms with Crippen molar-refractivity contribution in [1.29, 1.82) is 0 Å². The topological polar surface area (TPSA) is 23.4 Å². The normalized spacial score (nSPS) is 16.5. The fourth-order valence-electron chi connectivity index (χ4n) is 1.90. The van der Waals surface area contributed by atoms with Crippen molar-refractivity contribution in [2.75, 3.05) is 13.2 Å². The molecule has 88 valence electrons. The number of benzene rings is 1. The van der Waals surface area contributed by atoms with Gasteiger partial charge in [0.05, 0.1) is 13.2 Å². The van der Waals surface area contributed by atoms with Crippen molar-refractivity contribution in [3.05, 3.63) is 52.8 Å². The van der Waals surface area contributed by atoms with Crippen LogP contribution < -0.4 is 0 Å². The number of ether oxygens (including phenoxy) is 2. The molecule has 0 N–H and O–H groups in total. The van der Waals surface area contributed by atoms with E-state index in [1.807, 2.05) is 30.6 Å². The predicted molar refractivity (Wildman–Crippen MR) is 68.1 cm³/mol. The largest absolute Gasteiger partial charge is 0.346 e. The molecule has 3 rings (SSSR count). The van der Waals surface area contributed by atoms with E-state index in [4.69, 9.17) is 9.47 Å². The summed E-state index contributed by atoms with van der Waals surface area (Å²) in [5.41, 5.74) is 2.17. The zero-order valence-electron chi connectivity index (χ0n) is 9.17. The van der Waals surface area contributed by atoms with Gasteiger partial charge in [0.1, 0.15) is 0 Å². The minimum absolute atomic E-state index is 0.205. The van der Waals surface area contributed by atoms with Gasteiger partial charge in [-0.1, -0.05) is 22.0 Å². The van der Waals surface area contributed by atoms with Crippen molar-refractivity contribution < 1.29 is 9.47 Å². The fourth-order valence-corrected chi connectivity index (χ4v) is 2.29. The minimum Gasteiger partial charge on any atom is -0.346 e. The lowest BCUT2D eigenvalue weighted by Crippen LogP contribution is -1.96. The molecule has 1 aliphatic heterocycles. The highest BCUT2D eigenvalue weighted by Crippen LogP contribution is 2.25. The number of halogens is 1. The van der Waals surface area contributed by atoms with Gasteiger partial charge >= 0.3 is 0 Å². The summed E-state index contributed by atoms with van der Waals surface area (Å²) in [5.74, 6) is 0. The Hall–Kier alpha value is -1.10. The van der Waals surface area contributed by atoms with Gasteiger partial charge in [0.25, 0.3) is 0 Å². The van der Waals surface area contributed by atoms with Crippen LogP contribution in [0.2, 0.25) is 0 Å². The second kappa shape index (κ2) is 4.64. The molecule has 1 fully saturated rings. The van der Waals surface area contributed by atoms with E-state index in [-0.39, 0.29) is 6.29 Å². The average molecular weight is 294 g/mol. The highest BCUT2D eigenvalue weighted by atomic mass is 79.9. The molecule has 0 aliphatic carbocycles. The Morgan fingerprint density at radius 1 is 1.18 bits per heavy atom. The lowest BCUT2D eigenvalue weighted by Gasteiger charge is -2.06. The summed E-state index contributed by atoms with van der Waals surface area (Å²) in [6.07, 6.45) is 3.85. The van der Waals surface area contributed by atoms with Gasteiger partial charge < -0.3 is 14.0 Å². The quantitative estimate of drug-likeness (QED) is 0.848. The molecule has 0 saturated carbocycles. The third kappa shape index (κ3) is 2.29. The van der Waals surface area contributed by atoms with E-state index in [0.717, 1.165) is 15.7 Å². The monoisotopic (exact) mass is 293 g/mol. The Morgan fingerprint density at radius 2 is 2.00 bits per heavy atom. The highest BCUT2D eigenvalue weighted by Gasteiger charge is 2.19. The van der Waals surface area contributed by atoms with Crippen LogP contribution in [0.15, 0.2) is 47.2 Å². The van der Waals surface area contributed by atoms with Crippen molar-refractivity contribution in [2.45, 2.75) is 6.29 Å². The summed E-state index contributed by atoms with van der Waals surface area (Å²) in [6.45, 7) is 1.35. The molecule has 0 amide bonds. The van der Waals surface area contributed by atoms with E-state index < -0.39 is 0 Å². The molecule has 0 radical (unpaired) electrons. The first-order valence-corrected chi connectivity index (χ1v) is 6.29. The Balaban J connectivity index is 1.89. The van der Waals surface area contributed by atoms with E-state index >= 15 is 0 Å². The van der Waals surface area contributed by atoms with E-state index in [2.05, 4.69) is 32.6 Å². The Morgan fingerprint density at radius 3 is 2.76 bits per heavy atom. The standard InChI is InChI=1S/C13H12BrNO2/c14-11-2-1-3-12(8-11)15-5-4-10(9-15)13-16-6-7-17-13/h1-5,8-9,13H,6-7H2. The Bertz CT molecular complexity index is 518. The molecule has 0 spiro atoms. The molecule has 2 heterocycles. The molecule has 0 atom stereocenters. The van der Waals surface area contributed by atoms with Crippen LogP contribution in [-0.2, 0) is 9.47 Å². The van der Waals surface area contributed by atoms with Crippen LogP contribution in [0.5, 0.6) is 0 Å². The van der Waals surface area contributed by atoms with Gasteiger partial charge in [-0.05, 0) is 24.3 Å². The molecule has 1 aromatic heterocycles. The van der Waals surface area contributed by atoms with Crippen molar-refractivity contribution in [2.24, 2.45) is 0 Å². The summed E-state index contributed by atoms with van der Waals surface area (Å²) in [7, 11) is 0. The summed E-state index contributed by atoms with van der Waals surface area (Å²) in [5, 5.41) is 0. The smallest absolute Gasteiger partial charge is 0.185 e. The van der Waals surface area contributed by atoms with Crippen LogP contribution in [0.1, 0.15) is 11.9 Å². The van der Waals surface area contributed by atoms with E-state index in [0.29, 0.717) is 13.2 Å². The van der Waals surface area contributed by atoms with E-state index in [9.17, 15) is 0 Å². The third-order valence-corrected chi connectivity index (χ3v) is 3.21. The maximum absolute atomic E-state index is 5.47. The van der Waals surface area contributed by atoms with Crippen molar-refractivity contribution in [1.82, 2.24) is 4.57 Å². The number of hydrogen-bond donors (Lipinski definition) is 0. The van der Waals surface area contributed by atoms with Gasteiger partial charge in [-0.15, -0.1) is 0 Å². The molecule has 17 heavy (non-hydrogen) atoms. The van der Waals surface area contributed by atoms with Crippen LogP contribution in [-0.4, -0.2) is 17.8 Å². The van der Waals surface area contributed by atoms with Gasteiger partial charge in [0.2, 0.25) is 0 Å². The molecule has 3 nitrogen and oxygen atoms in total. The molecule has 1 saturated heterocycles. The lowest BCUT2D eigenvalue weighted by atomic mass is 10.3. The molecular formula is C13H12BrNO2. The Kier molecular flexibility index (Phi) is 3.01. The number of aromatic nitrogens is 1. The summed E-state index contributed by atoms with van der Waals surface area (Å²) < 4.78 is 14.1. The molecule has 1 aliphatic rings. The van der Waals surface area contributed by atoms with Gasteiger partial charge in [0.15, 0.2) is 6.29 Å². The number of hydrogen-bond acceptors (Lipinski definition) is 2. The van der Waals surface area contributed by atoms with Crippen LogP contribution in [0.4, 0.5) is 0 Å². The van der Waals surface area contributed by atoms with Gasteiger partial charge in [-0.3, -0.25) is 0 Å². The average Bonchev–Trinajstić information content (AvgIpc) is 3.00. The van der Waals surface area contributed by atoms with Gasteiger partial charge in [-0.2, -0.15) is 0 Å². The van der Waals surface area contributed by atoms with Gasteiger partial charge in [0, 0.05) is 28.1 Å². The molecular weight excluding hydrogens is 282 g/mol. The second-order valence-electron chi connectivity index (χ2n) is 3.91. The van der Waals surface area contributed by atoms with Crippen LogP contribution >= 0.6 is 15.9 Å². The second-order valence-corrected chi connectivity index (χ2v) is 4.82. The summed E-state index contributed by atoms with van der Waals surface area (Å²) in [4.78, 5) is 0. The van der Waals surface area contributed by atoms with Crippen molar-refractivity contribution in [3.8, 4) is 5.69 Å². The SMILES string of the molecule is Brc1cccc(-n2ccc(C3OCCO3)c2)c1. The first kappa shape index (κ1) is 11.0. The highest BCUT2D eigenvalue weighted by molar-refractivity contribution is 9.10. The van der Waals surface area contributed by atoms with Crippen LogP contribution in [0.25, 0.3) is 5.69 Å². The Labute approximate surface area is 108 Å². The van der Waals surface area contributed by atoms with E-state index in [1.54, 1.807) is 0 Å². The number of rotatable bonds is 2. The molecule has 2 aromatic rings. The summed E-state index contributed by atoms with van der Waals surface area (Å²) in [6, 6.07) is 10.2. The predicted octanol–water partition coefficient (Wildman–Crippen LogP) is 3.29. The minimum atomic E-state index is -0.205. The van der Waals surface area contributed by atoms with E-state index in [1.165, 1.54) is 0 Å². The maximum atomic E-state index is 5.47. The molecule has 0 bridgehead atoms. The van der Waals surface area contributed by atoms with Crippen LogP contribution in [0, 0.1) is 0 Å². The first-order chi connectivity index (χ1) is 8.33. The van der Waals surface area contributed by atoms with Crippen LogP contribution in [0.3, 0.4) is 0 Å². The summed E-state index contributed by atoms with van der Waals surface area (Å²) >= 11 is 3.47. The maximum Gasteiger partial charge on any atom is 0.185 e. The van der Waals surface area contributed by atoms with Crippen molar-refractivity contribution >= 4 is 15.9 Å².